The highest BCUT2D eigenvalue weighted by molar-refractivity contribution is 7.18. The van der Waals surface area contributed by atoms with Crippen molar-refractivity contribution in [3.63, 3.8) is 0 Å². The molecule has 0 spiro atoms. The molecule has 1 aromatic heterocycles. The molecule has 4 amide bonds. The minimum Gasteiger partial charge on any atom is -0.508 e. The fourth-order valence-corrected chi connectivity index (χ4v) is 6.22. The number of thiazole rings is 1. The van der Waals surface area contributed by atoms with Gasteiger partial charge in [0.2, 0.25) is 0 Å². The molecule has 1 atom stereocenters. The van der Waals surface area contributed by atoms with Crippen LogP contribution in [0.3, 0.4) is 0 Å². The van der Waals surface area contributed by atoms with Gasteiger partial charge in [0, 0.05) is 0 Å². The van der Waals surface area contributed by atoms with Gasteiger partial charge in [-0.2, -0.15) is 0 Å². The highest BCUT2D eigenvalue weighted by Crippen LogP contribution is 2.42. The second-order valence-electron chi connectivity index (χ2n) is 9.17. The molecule has 5 aromatic rings. The zero-order chi connectivity index (χ0) is 26.8. The molecule has 188 valence electrons. The topological polar surface area (TPSA) is 108 Å². The number of fused-ring (bicyclic) bond motifs is 3. The maximum Gasteiger partial charge on any atom is 0.264 e. The number of imide groups is 2. The molecular formula is C30H17N3O5S. The Hall–Kier alpha value is -5.15. The predicted molar refractivity (Wildman–Crippen MR) is 143 cm³/mol. The third kappa shape index (κ3) is 3.33. The number of carbonyl (C=O) groups excluding carboxylic acids is 4. The summed E-state index contributed by atoms with van der Waals surface area (Å²) >= 11 is 1.22. The van der Waals surface area contributed by atoms with Gasteiger partial charge in [-0.3, -0.25) is 19.2 Å². The van der Waals surface area contributed by atoms with Crippen LogP contribution in [-0.4, -0.2) is 43.5 Å². The van der Waals surface area contributed by atoms with Crippen LogP contribution in [-0.2, 0) is 0 Å². The molecule has 2 aliphatic heterocycles. The number of phenols is 1. The van der Waals surface area contributed by atoms with Crippen LogP contribution in [0.25, 0.3) is 21.3 Å². The molecule has 4 aromatic carbocycles. The second-order valence-corrected chi connectivity index (χ2v) is 10.2. The lowest BCUT2D eigenvalue weighted by molar-refractivity contribution is 0.0284. The van der Waals surface area contributed by atoms with Gasteiger partial charge in [-0.15, -0.1) is 11.3 Å². The summed E-state index contributed by atoms with van der Waals surface area (Å²) in [6.45, 7) is 0. The lowest BCUT2D eigenvalue weighted by Gasteiger charge is -2.31. The van der Waals surface area contributed by atoms with E-state index in [-0.39, 0.29) is 33.0 Å². The summed E-state index contributed by atoms with van der Waals surface area (Å²) in [5.41, 5.74) is 2.48. The molecule has 2 aliphatic rings. The Labute approximate surface area is 225 Å². The summed E-state index contributed by atoms with van der Waals surface area (Å²) in [5.74, 6) is -2.40. The Morgan fingerprint density at radius 1 is 0.615 bits per heavy atom. The van der Waals surface area contributed by atoms with Crippen LogP contribution in [0.4, 0.5) is 0 Å². The molecule has 39 heavy (non-hydrogen) atoms. The van der Waals surface area contributed by atoms with Crippen LogP contribution in [0.2, 0.25) is 0 Å². The molecule has 0 radical (unpaired) electrons. The zero-order valence-electron chi connectivity index (χ0n) is 20.1. The molecule has 0 bridgehead atoms. The van der Waals surface area contributed by atoms with E-state index in [0.29, 0.717) is 16.6 Å². The third-order valence-electron chi connectivity index (χ3n) is 6.97. The highest BCUT2D eigenvalue weighted by atomic mass is 32.1. The van der Waals surface area contributed by atoms with E-state index in [4.69, 9.17) is 0 Å². The van der Waals surface area contributed by atoms with E-state index in [2.05, 4.69) is 4.98 Å². The normalized spacial score (nSPS) is 15.3. The highest BCUT2D eigenvalue weighted by Gasteiger charge is 2.51. The van der Waals surface area contributed by atoms with Crippen molar-refractivity contribution in [3.8, 4) is 16.9 Å². The maximum absolute atomic E-state index is 14.1. The van der Waals surface area contributed by atoms with Crippen molar-refractivity contribution >= 4 is 45.2 Å². The smallest absolute Gasteiger partial charge is 0.264 e. The van der Waals surface area contributed by atoms with Crippen LogP contribution < -0.4 is 0 Å². The summed E-state index contributed by atoms with van der Waals surface area (Å²) in [4.78, 5) is 61.8. The number of nitrogens with zero attached hydrogens (tertiary/aromatic N) is 3. The summed E-state index contributed by atoms with van der Waals surface area (Å²) in [5, 5.41) is 10.0. The number of hydrogen-bond acceptors (Lipinski definition) is 7. The third-order valence-corrected chi connectivity index (χ3v) is 8.05. The van der Waals surface area contributed by atoms with Crippen molar-refractivity contribution < 1.29 is 24.3 Å². The molecule has 0 fully saturated rings. The molecule has 1 unspecified atom stereocenters. The Morgan fingerprint density at radius 3 is 1.87 bits per heavy atom. The van der Waals surface area contributed by atoms with Crippen molar-refractivity contribution in [2.75, 3.05) is 0 Å². The Balaban J connectivity index is 1.41. The van der Waals surface area contributed by atoms with Gasteiger partial charge in [0.1, 0.15) is 10.8 Å². The van der Waals surface area contributed by atoms with Gasteiger partial charge < -0.3 is 5.11 Å². The summed E-state index contributed by atoms with van der Waals surface area (Å²) < 4.78 is 0.788. The monoisotopic (exact) mass is 531 g/mol. The van der Waals surface area contributed by atoms with Gasteiger partial charge in [-0.25, -0.2) is 14.8 Å². The number of rotatable bonds is 4. The van der Waals surface area contributed by atoms with Crippen molar-refractivity contribution in [2.45, 2.75) is 6.17 Å². The first-order valence-corrected chi connectivity index (χ1v) is 12.9. The fraction of sp³-hybridized carbons (Fsp3) is 0.0333. The van der Waals surface area contributed by atoms with E-state index in [1.807, 2.05) is 18.2 Å². The van der Waals surface area contributed by atoms with Gasteiger partial charge in [0.25, 0.3) is 23.6 Å². The van der Waals surface area contributed by atoms with E-state index in [9.17, 15) is 24.3 Å². The quantitative estimate of drug-likeness (QED) is 0.317. The molecule has 0 saturated carbocycles. The average molecular weight is 532 g/mol. The van der Waals surface area contributed by atoms with E-state index >= 15 is 0 Å². The Bertz CT molecular complexity index is 1810. The first-order valence-electron chi connectivity index (χ1n) is 12.1. The molecule has 7 rings (SSSR count). The number of aromatic nitrogens is 1. The molecule has 8 nitrogen and oxygen atoms in total. The molecule has 1 N–H and O–H groups in total. The van der Waals surface area contributed by atoms with Gasteiger partial charge >= 0.3 is 0 Å². The van der Waals surface area contributed by atoms with Crippen molar-refractivity contribution in [1.29, 1.82) is 0 Å². The van der Waals surface area contributed by atoms with Crippen molar-refractivity contribution in [1.82, 2.24) is 14.8 Å². The van der Waals surface area contributed by atoms with Crippen LogP contribution in [0.15, 0.2) is 91.0 Å². The molecule has 9 heteroatoms. The number of amides is 4. The molecule has 0 aliphatic carbocycles. The Kier molecular flexibility index (Phi) is 4.98. The van der Waals surface area contributed by atoms with Gasteiger partial charge in [0.15, 0.2) is 6.17 Å². The van der Waals surface area contributed by atoms with Crippen LogP contribution >= 0.6 is 11.3 Å². The summed E-state index contributed by atoms with van der Waals surface area (Å²) in [6, 6.07) is 25.0. The zero-order valence-corrected chi connectivity index (χ0v) is 20.9. The van der Waals surface area contributed by atoms with Crippen molar-refractivity contribution in [3.05, 3.63) is 118 Å². The average Bonchev–Trinajstić information content (AvgIpc) is 3.58. The van der Waals surface area contributed by atoms with E-state index in [0.717, 1.165) is 14.5 Å². The molecule has 3 heterocycles. The molecule has 0 saturated heterocycles. The summed E-state index contributed by atoms with van der Waals surface area (Å²) in [7, 11) is 0. The second kappa shape index (κ2) is 8.44. The number of aromatic hydroxyl groups is 1. The first-order chi connectivity index (χ1) is 18.9. The van der Waals surface area contributed by atoms with E-state index < -0.39 is 29.8 Å². The molecular weight excluding hydrogens is 514 g/mol. The lowest BCUT2D eigenvalue weighted by atomic mass is 9.96. The van der Waals surface area contributed by atoms with Gasteiger partial charge in [0.05, 0.1) is 32.5 Å². The van der Waals surface area contributed by atoms with E-state index in [1.165, 1.54) is 23.5 Å². The predicted octanol–water partition coefficient (Wildman–Crippen LogP) is 5.26. The lowest BCUT2D eigenvalue weighted by Crippen LogP contribution is -2.47. The fourth-order valence-electron chi connectivity index (χ4n) is 5.17. The number of carbonyl (C=O) groups is 4. The van der Waals surface area contributed by atoms with Gasteiger partial charge in [-0.05, 0) is 53.6 Å². The first kappa shape index (κ1) is 23.0. The summed E-state index contributed by atoms with van der Waals surface area (Å²) in [6.07, 6.45) is -1.38. The van der Waals surface area contributed by atoms with Crippen molar-refractivity contribution in [2.24, 2.45) is 0 Å². The Morgan fingerprint density at radius 2 is 1.18 bits per heavy atom. The number of phenolic OH excluding ortho intramolecular Hbond substituents is 1. The van der Waals surface area contributed by atoms with Crippen LogP contribution in [0, 0.1) is 0 Å². The van der Waals surface area contributed by atoms with Crippen LogP contribution in [0.1, 0.15) is 52.6 Å². The van der Waals surface area contributed by atoms with Gasteiger partial charge in [-0.1, -0.05) is 48.5 Å². The standard InChI is InChI=1S/C30H17N3O5S/c34-17-14-12-16(13-15-17)18-8-5-9-21-24(18)30(38)33(29(21)37)26(25-31-22-10-3-4-11-23(22)39-25)32-27(35)19-6-1-2-7-20(19)28(32)36/h1-15,26,34H. The maximum atomic E-state index is 14.1. The minimum atomic E-state index is -1.38. The van der Waals surface area contributed by atoms with E-state index in [1.54, 1.807) is 60.7 Å². The SMILES string of the molecule is O=C1c2ccccc2C(=O)N1C(c1nc2ccccc2s1)N1C(=O)c2cccc(-c3ccc(O)cc3)c2C1=O. The number of hydrogen-bond donors (Lipinski definition) is 1. The minimum absolute atomic E-state index is 0.0666. The van der Waals surface area contributed by atoms with Crippen LogP contribution in [0.5, 0.6) is 5.75 Å². The number of benzene rings is 4. The number of para-hydroxylation sites is 1. The largest absolute Gasteiger partial charge is 0.508 e.